The monoisotopic (exact) mass is 432 g/mol. The van der Waals surface area contributed by atoms with Gasteiger partial charge in [0.2, 0.25) is 4.77 Å². The Bertz CT molecular complexity index is 988. The summed E-state index contributed by atoms with van der Waals surface area (Å²) in [6.07, 6.45) is 1.80. The van der Waals surface area contributed by atoms with Gasteiger partial charge in [-0.15, -0.1) is 0 Å². The number of nitrogens with one attached hydrogen (secondary N) is 2. The molecule has 1 aromatic heterocycles. The third-order valence-corrected chi connectivity index (χ3v) is 4.92. The molecule has 0 amide bonds. The van der Waals surface area contributed by atoms with Gasteiger partial charge in [-0.2, -0.15) is 5.10 Å². The lowest BCUT2D eigenvalue weighted by Gasteiger charge is -2.16. The highest BCUT2D eigenvalue weighted by Gasteiger charge is 2.13. The molecule has 3 rings (SSSR count). The maximum absolute atomic E-state index is 6.53. The molecule has 0 radical (unpaired) electrons. The predicted octanol–water partition coefficient (Wildman–Crippen LogP) is 5.27. The molecule has 0 spiro atoms. The molecule has 1 heterocycles. The summed E-state index contributed by atoms with van der Waals surface area (Å²) >= 11 is 11.8. The van der Waals surface area contributed by atoms with Gasteiger partial charge in [-0.3, -0.25) is 5.10 Å². The summed E-state index contributed by atoms with van der Waals surface area (Å²) in [7, 11) is 0. The fourth-order valence-electron chi connectivity index (χ4n) is 2.88. The molecule has 0 saturated heterocycles. The Morgan fingerprint density at radius 1 is 1.14 bits per heavy atom. The van der Waals surface area contributed by atoms with Crippen molar-refractivity contribution in [2.75, 3.05) is 12.0 Å². The lowest BCUT2D eigenvalue weighted by Crippen LogP contribution is -2.18. The van der Waals surface area contributed by atoms with Crippen LogP contribution in [0.1, 0.15) is 37.2 Å². The number of aryl methyl sites for hydroxylation is 1. The van der Waals surface area contributed by atoms with E-state index in [0.29, 0.717) is 41.1 Å². The fraction of sp³-hybridized carbons (Fsp3) is 0.333. The highest BCUT2D eigenvalue weighted by atomic mass is 35.5. The Morgan fingerprint density at radius 2 is 1.90 bits per heavy atom. The number of halogens is 1. The molecule has 0 fully saturated rings. The summed E-state index contributed by atoms with van der Waals surface area (Å²) in [4.78, 5) is 0. The minimum absolute atomic E-state index is 0.444. The van der Waals surface area contributed by atoms with Crippen molar-refractivity contribution < 1.29 is 9.47 Å². The third-order valence-electron chi connectivity index (χ3n) is 4.29. The highest BCUT2D eigenvalue weighted by molar-refractivity contribution is 7.71. The lowest BCUT2D eigenvalue weighted by atomic mass is 10.2. The molecule has 154 valence electrons. The van der Waals surface area contributed by atoms with Crippen molar-refractivity contribution in [3.63, 3.8) is 0 Å². The molecule has 0 aliphatic rings. The van der Waals surface area contributed by atoms with Crippen molar-refractivity contribution in [3.05, 3.63) is 69.2 Å². The molecule has 0 atom stereocenters. The van der Waals surface area contributed by atoms with Crippen molar-refractivity contribution >= 4 is 23.8 Å². The first kappa shape index (κ1) is 21.2. The van der Waals surface area contributed by atoms with Crippen LogP contribution in [0.5, 0.6) is 11.5 Å². The van der Waals surface area contributed by atoms with E-state index in [-0.39, 0.29) is 0 Å². The third kappa shape index (κ3) is 5.52. The van der Waals surface area contributed by atoms with Crippen molar-refractivity contribution in [2.45, 2.75) is 39.8 Å². The molecule has 2 aromatic carbocycles. The quantitative estimate of drug-likeness (QED) is 0.427. The zero-order valence-corrected chi connectivity index (χ0v) is 18.1. The van der Waals surface area contributed by atoms with E-state index in [0.717, 1.165) is 29.8 Å². The minimum Gasteiger partial charge on any atom is -0.490 e. The van der Waals surface area contributed by atoms with Gasteiger partial charge in [0.05, 0.1) is 13.2 Å². The summed E-state index contributed by atoms with van der Waals surface area (Å²) in [5.41, 5.74) is 5.25. The van der Waals surface area contributed by atoms with Crippen molar-refractivity contribution in [1.82, 2.24) is 14.9 Å². The molecular weight excluding hydrogens is 408 g/mol. The van der Waals surface area contributed by atoms with Gasteiger partial charge in [0.1, 0.15) is 6.61 Å². The minimum atomic E-state index is 0.444. The Morgan fingerprint density at radius 3 is 2.62 bits per heavy atom. The Hall–Kier alpha value is -2.51. The van der Waals surface area contributed by atoms with Crippen LogP contribution in [-0.4, -0.2) is 21.5 Å². The summed E-state index contributed by atoms with van der Waals surface area (Å²) in [5, 5.41) is 7.68. The van der Waals surface area contributed by atoms with Crippen LogP contribution in [0.25, 0.3) is 0 Å². The molecule has 3 aromatic rings. The number of nitrogens with zero attached hydrogens (tertiary/aromatic N) is 2. The van der Waals surface area contributed by atoms with Crippen LogP contribution in [-0.2, 0) is 19.6 Å². The second-order valence-corrected chi connectivity index (χ2v) is 7.26. The van der Waals surface area contributed by atoms with Gasteiger partial charge in [0, 0.05) is 17.5 Å². The summed E-state index contributed by atoms with van der Waals surface area (Å²) in [5.74, 6) is 2.15. The van der Waals surface area contributed by atoms with Gasteiger partial charge in [-0.25, -0.2) is 4.68 Å². The SMILES string of the molecule is CCCc1n[nH]c(=S)n1NCc1cc(OCC)c(OCc2ccccc2)cc1Cl. The molecule has 0 aliphatic carbocycles. The van der Waals surface area contributed by atoms with Gasteiger partial charge in [0.15, 0.2) is 17.3 Å². The van der Waals surface area contributed by atoms with Crippen LogP contribution in [0, 0.1) is 4.77 Å². The van der Waals surface area contributed by atoms with Gasteiger partial charge in [-0.1, -0.05) is 48.9 Å². The van der Waals surface area contributed by atoms with Crippen LogP contribution in [0.4, 0.5) is 0 Å². The first-order chi connectivity index (χ1) is 14.1. The van der Waals surface area contributed by atoms with Crippen molar-refractivity contribution in [1.29, 1.82) is 0 Å². The maximum Gasteiger partial charge on any atom is 0.214 e. The van der Waals surface area contributed by atoms with E-state index in [4.69, 9.17) is 33.3 Å². The molecule has 8 heteroatoms. The zero-order chi connectivity index (χ0) is 20.6. The number of ether oxygens (including phenoxy) is 2. The van der Waals surface area contributed by atoms with Gasteiger partial charge < -0.3 is 14.9 Å². The Balaban J connectivity index is 1.77. The number of aromatic nitrogens is 3. The van der Waals surface area contributed by atoms with Crippen LogP contribution in [0.2, 0.25) is 5.02 Å². The summed E-state index contributed by atoms with van der Waals surface area (Å²) in [6.45, 7) is 5.49. The highest BCUT2D eigenvalue weighted by Crippen LogP contribution is 2.34. The molecule has 2 N–H and O–H groups in total. The molecule has 29 heavy (non-hydrogen) atoms. The van der Waals surface area contributed by atoms with Gasteiger partial charge in [-0.05, 0) is 42.8 Å². The zero-order valence-electron chi connectivity index (χ0n) is 16.6. The normalized spacial score (nSPS) is 10.7. The number of H-pyrrole nitrogens is 1. The molecule has 0 saturated carbocycles. The second-order valence-electron chi connectivity index (χ2n) is 6.46. The Kier molecular flexibility index (Phi) is 7.55. The van der Waals surface area contributed by atoms with E-state index in [1.165, 1.54) is 0 Å². The molecule has 0 unspecified atom stereocenters. The van der Waals surface area contributed by atoms with Gasteiger partial charge >= 0.3 is 0 Å². The molecular formula is C21H25ClN4O2S. The number of aromatic amines is 1. The number of hydrogen-bond acceptors (Lipinski definition) is 5. The standard InChI is InChI=1S/C21H25ClN4O2S/c1-3-8-20-24-25-21(29)26(20)23-13-16-11-18(27-4-2)19(12-17(16)22)28-14-15-9-6-5-7-10-15/h5-7,9-12,23H,3-4,8,13-14H2,1-2H3,(H,25,29). The van der Waals surface area contributed by atoms with Crippen LogP contribution >= 0.6 is 23.8 Å². The predicted molar refractivity (Wildman–Crippen MR) is 118 cm³/mol. The van der Waals surface area contributed by atoms with Crippen molar-refractivity contribution in [3.8, 4) is 11.5 Å². The molecule has 0 aliphatic heterocycles. The van der Waals surface area contributed by atoms with E-state index in [1.54, 1.807) is 10.7 Å². The second kappa shape index (κ2) is 10.3. The average molecular weight is 433 g/mol. The van der Waals surface area contributed by atoms with Crippen molar-refractivity contribution in [2.24, 2.45) is 0 Å². The Labute approximate surface area is 180 Å². The fourth-order valence-corrected chi connectivity index (χ4v) is 3.31. The van der Waals surface area contributed by atoms with Crippen LogP contribution in [0.15, 0.2) is 42.5 Å². The van der Waals surface area contributed by atoms with Gasteiger partial charge in [0.25, 0.3) is 0 Å². The van der Waals surface area contributed by atoms with E-state index in [1.807, 2.05) is 43.3 Å². The smallest absolute Gasteiger partial charge is 0.214 e. The maximum atomic E-state index is 6.53. The number of rotatable bonds is 10. The topological polar surface area (TPSA) is 64.1 Å². The lowest BCUT2D eigenvalue weighted by molar-refractivity contribution is 0.269. The van der Waals surface area contributed by atoms with E-state index >= 15 is 0 Å². The molecule has 0 bridgehead atoms. The van der Waals surface area contributed by atoms with E-state index in [2.05, 4.69) is 22.5 Å². The average Bonchev–Trinajstić information content (AvgIpc) is 3.07. The molecule has 6 nitrogen and oxygen atoms in total. The largest absolute Gasteiger partial charge is 0.490 e. The first-order valence-corrected chi connectivity index (χ1v) is 10.4. The number of hydrogen-bond donors (Lipinski definition) is 2. The summed E-state index contributed by atoms with van der Waals surface area (Å²) < 4.78 is 14.1. The first-order valence-electron chi connectivity index (χ1n) is 9.64. The number of benzene rings is 2. The van der Waals surface area contributed by atoms with Crippen LogP contribution < -0.4 is 14.9 Å². The van der Waals surface area contributed by atoms with E-state index in [9.17, 15) is 0 Å². The summed E-state index contributed by atoms with van der Waals surface area (Å²) in [6, 6.07) is 13.7. The van der Waals surface area contributed by atoms with Crippen LogP contribution in [0.3, 0.4) is 0 Å². The van der Waals surface area contributed by atoms with E-state index < -0.39 is 0 Å².